The molecular formula is C16H15ClO4. The van der Waals surface area contributed by atoms with Crippen LogP contribution in [0.1, 0.15) is 29.8 Å². The van der Waals surface area contributed by atoms with Crippen molar-refractivity contribution in [2.24, 2.45) is 0 Å². The Kier molecular flexibility index (Phi) is 3.66. The minimum Gasteiger partial charge on any atom is -0.504 e. The van der Waals surface area contributed by atoms with Gasteiger partial charge in [-0.05, 0) is 35.9 Å². The Hall–Kier alpha value is -1.91. The van der Waals surface area contributed by atoms with E-state index in [1.807, 2.05) is 6.07 Å². The van der Waals surface area contributed by atoms with Crippen LogP contribution in [0.25, 0.3) is 0 Å². The Balaban J connectivity index is 1.92. The zero-order valence-corrected chi connectivity index (χ0v) is 12.2. The molecule has 0 radical (unpaired) electrons. The fraction of sp³-hybridized carbons (Fsp3) is 0.250. The molecule has 0 spiro atoms. The summed E-state index contributed by atoms with van der Waals surface area (Å²) < 4.78 is 10.9. The number of hydrogen-bond acceptors (Lipinski definition) is 4. The van der Waals surface area contributed by atoms with E-state index in [9.17, 15) is 10.2 Å². The second-order valence-electron chi connectivity index (χ2n) is 4.97. The third-order valence-electron chi connectivity index (χ3n) is 3.61. The minimum absolute atomic E-state index is 0.0509. The van der Waals surface area contributed by atoms with E-state index < -0.39 is 6.10 Å². The Labute approximate surface area is 127 Å². The number of phenolic OH excluding ortho intramolecular Hbond substituents is 1. The molecule has 0 saturated heterocycles. The maximum atomic E-state index is 10.3. The van der Waals surface area contributed by atoms with Gasteiger partial charge < -0.3 is 19.7 Å². The van der Waals surface area contributed by atoms with Crippen LogP contribution in [-0.2, 0) is 0 Å². The first-order chi connectivity index (χ1) is 10.1. The molecule has 1 aliphatic rings. The first-order valence-electron chi connectivity index (χ1n) is 6.59. The fourth-order valence-electron chi connectivity index (χ4n) is 2.53. The topological polar surface area (TPSA) is 58.9 Å². The summed E-state index contributed by atoms with van der Waals surface area (Å²) in [6.45, 7) is 0. The van der Waals surface area contributed by atoms with Gasteiger partial charge in [-0.25, -0.2) is 0 Å². The van der Waals surface area contributed by atoms with Crippen molar-refractivity contribution in [3.8, 4) is 17.2 Å². The monoisotopic (exact) mass is 306 g/mol. The summed E-state index contributed by atoms with van der Waals surface area (Å²) in [5.74, 6) is 1.07. The van der Waals surface area contributed by atoms with Gasteiger partial charge in [0.1, 0.15) is 11.9 Å². The highest BCUT2D eigenvalue weighted by Gasteiger charge is 2.28. The molecule has 110 valence electrons. The molecule has 3 rings (SSSR count). The van der Waals surface area contributed by atoms with E-state index >= 15 is 0 Å². The third kappa shape index (κ3) is 2.64. The summed E-state index contributed by atoms with van der Waals surface area (Å²) in [6.07, 6.45) is -0.578. The standard InChI is InChI=1S/C16H15ClO4/c1-20-15-4-2-9(6-13(15)19)16-8-12(18)11-7-10(17)3-5-14(11)21-16/h2-7,12,16,18-19H,8H2,1H3/t12-,16?/m0/s1. The molecule has 1 heterocycles. The summed E-state index contributed by atoms with van der Waals surface area (Å²) in [5, 5.41) is 20.7. The summed E-state index contributed by atoms with van der Waals surface area (Å²) in [7, 11) is 1.50. The highest BCUT2D eigenvalue weighted by molar-refractivity contribution is 6.30. The average molecular weight is 307 g/mol. The molecule has 0 saturated carbocycles. The van der Waals surface area contributed by atoms with Crippen LogP contribution >= 0.6 is 11.6 Å². The Morgan fingerprint density at radius 1 is 1.24 bits per heavy atom. The van der Waals surface area contributed by atoms with Crippen LogP contribution in [-0.4, -0.2) is 17.3 Å². The van der Waals surface area contributed by atoms with Crippen molar-refractivity contribution in [3.63, 3.8) is 0 Å². The van der Waals surface area contributed by atoms with Crippen molar-refractivity contribution >= 4 is 11.6 Å². The van der Waals surface area contributed by atoms with E-state index in [0.29, 0.717) is 28.5 Å². The van der Waals surface area contributed by atoms with Gasteiger partial charge in [0.2, 0.25) is 0 Å². The number of aromatic hydroxyl groups is 1. The summed E-state index contributed by atoms with van der Waals surface area (Å²) in [6, 6.07) is 10.3. The molecular weight excluding hydrogens is 292 g/mol. The van der Waals surface area contributed by atoms with Gasteiger partial charge in [0, 0.05) is 17.0 Å². The number of rotatable bonds is 2. The molecule has 4 nitrogen and oxygen atoms in total. The number of benzene rings is 2. The number of fused-ring (bicyclic) bond motifs is 1. The van der Waals surface area contributed by atoms with Crippen LogP contribution in [0, 0.1) is 0 Å². The number of phenols is 1. The molecule has 21 heavy (non-hydrogen) atoms. The van der Waals surface area contributed by atoms with Crippen LogP contribution in [0.4, 0.5) is 0 Å². The summed E-state index contributed by atoms with van der Waals surface area (Å²) >= 11 is 5.94. The predicted octanol–water partition coefficient (Wildman–Crippen LogP) is 3.61. The molecule has 2 atom stereocenters. The number of aliphatic hydroxyl groups is 1. The Morgan fingerprint density at radius 2 is 2.05 bits per heavy atom. The van der Waals surface area contributed by atoms with Gasteiger partial charge in [0.25, 0.3) is 0 Å². The van der Waals surface area contributed by atoms with Crippen LogP contribution in [0.15, 0.2) is 36.4 Å². The lowest BCUT2D eigenvalue weighted by atomic mass is 9.95. The van der Waals surface area contributed by atoms with Gasteiger partial charge >= 0.3 is 0 Å². The van der Waals surface area contributed by atoms with Crippen molar-refractivity contribution in [2.45, 2.75) is 18.6 Å². The molecule has 0 bridgehead atoms. The lowest BCUT2D eigenvalue weighted by Gasteiger charge is -2.30. The highest BCUT2D eigenvalue weighted by Crippen LogP contribution is 2.42. The van der Waals surface area contributed by atoms with Gasteiger partial charge in [-0.15, -0.1) is 0 Å². The zero-order valence-electron chi connectivity index (χ0n) is 11.4. The van der Waals surface area contributed by atoms with Crippen molar-refractivity contribution in [1.82, 2.24) is 0 Å². The van der Waals surface area contributed by atoms with Crippen LogP contribution in [0.2, 0.25) is 5.02 Å². The fourth-order valence-corrected chi connectivity index (χ4v) is 2.71. The van der Waals surface area contributed by atoms with E-state index in [2.05, 4.69) is 0 Å². The molecule has 1 aliphatic heterocycles. The number of methoxy groups -OCH3 is 1. The van der Waals surface area contributed by atoms with E-state index in [-0.39, 0.29) is 11.9 Å². The molecule has 1 unspecified atom stereocenters. The van der Waals surface area contributed by atoms with Gasteiger partial charge in [-0.1, -0.05) is 17.7 Å². The van der Waals surface area contributed by atoms with Gasteiger partial charge in [0.15, 0.2) is 11.5 Å². The van der Waals surface area contributed by atoms with Crippen molar-refractivity contribution < 1.29 is 19.7 Å². The SMILES string of the molecule is COc1ccc(C2C[C@H](O)c3cc(Cl)ccc3O2)cc1O. The van der Waals surface area contributed by atoms with Crippen molar-refractivity contribution in [3.05, 3.63) is 52.5 Å². The maximum Gasteiger partial charge on any atom is 0.160 e. The minimum atomic E-state index is -0.651. The number of ether oxygens (including phenoxy) is 2. The van der Waals surface area contributed by atoms with E-state index in [1.165, 1.54) is 7.11 Å². The molecule has 0 fully saturated rings. The largest absolute Gasteiger partial charge is 0.504 e. The predicted molar refractivity (Wildman–Crippen MR) is 79.1 cm³/mol. The molecule has 2 aromatic carbocycles. The molecule has 2 aromatic rings. The maximum absolute atomic E-state index is 10.3. The molecule has 2 N–H and O–H groups in total. The number of hydrogen-bond donors (Lipinski definition) is 2. The van der Waals surface area contributed by atoms with E-state index in [1.54, 1.807) is 30.3 Å². The quantitative estimate of drug-likeness (QED) is 0.890. The lowest BCUT2D eigenvalue weighted by Crippen LogP contribution is -2.19. The smallest absolute Gasteiger partial charge is 0.160 e. The second kappa shape index (κ2) is 5.47. The second-order valence-corrected chi connectivity index (χ2v) is 5.41. The highest BCUT2D eigenvalue weighted by atomic mass is 35.5. The van der Waals surface area contributed by atoms with Gasteiger partial charge in [0.05, 0.1) is 13.2 Å². The number of aliphatic hydroxyl groups excluding tert-OH is 1. The van der Waals surface area contributed by atoms with Crippen LogP contribution in [0.3, 0.4) is 0 Å². The summed E-state index contributed by atoms with van der Waals surface area (Å²) in [4.78, 5) is 0. The summed E-state index contributed by atoms with van der Waals surface area (Å²) in [5.41, 5.74) is 1.48. The first-order valence-corrected chi connectivity index (χ1v) is 6.97. The molecule has 0 aromatic heterocycles. The van der Waals surface area contributed by atoms with E-state index in [4.69, 9.17) is 21.1 Å². The van der Waals surface area contributed by atoms with Gasteiger partial charge in [-0.2, -0.15) is 0 Å². The Bertz CT molecular complexity index is 671. The van der Waals surface area contributed by atoms with Gasteiger partial charge in [-0.3, -0.25) is 0 Å². The molecule has 0 aliphatic carbocycles. The van der Waals surface area contributed by atoms with Crippen molar-refractivity contribution in [2.75, 3.05) is 7.11 Å². The van der Waals surface area contributed by atoms with E-state index in [0.717, 1.165) is 5.56 Å². The average Bonchev–Trinajstić information content (AvgIpc) is 2.47. The Morgan fingerprint density at radius 3 is 2.76 bits per heavy atom. The first kappa shape index (κ1) is 14.0. The van der Waals surface area contributed by atoms with Crippen LogP contribution in [0.5, 0.6) is 17.2 Å². The molecule has 5 heteroatoms. The number of halogens is 1. The van der Waals surface area contributed by atoms with Crippen molar-refractivity contribution in [1.29, 1.82) is 0 Å². The zero-order chi connectivity index (χ0) is 15.0. The third-order valence-corrected chi connectivity index (χ3v) is 3.85. The normalized spacial score (nSPS) is 20.5. The van der Waals surface area contributed by atoms with Crippen LogP contribution < -0.4 is 9.47 Å². The lowest BCUT2D eigenvalue weighted by molar-refractivity contribution is 0.0656. The molecule has 0 amide bonds.